The minimum Gasteiger partial charge on any atom is -0.399 e. The second-order valence-corrected chi connectivity index (χ2v) is 5.25. The lowest BCUT2D eigenvalue weighted by Crippen LogP contribution is -1.96. The molecule has 1 aliphatic rings. The van der Waals surface area contributed by atoms with Crippen LogP contribution >= 0.6 is 22.9 Å². The molecule has 0 saturated heterocycles. The fourth-order valence-corrected chi connectivity index (χ4v) is 2.95. The maximum Gasteiger partial charge on any atom is 0.106 e. The number of thiophene rings is 1. The van der Waals surface area contributed by atoms with Crippen molar-refractivity contribution in [2.45, 2.75) is 19.3 Å². The van der Waals surface area contributed by atoms with Gasteiger partial charge in [-0.3, -0.25) is 0 Å². The van der Waals surface area contributed by atoms with Crippen LogP contribution in [0, 0.1) is 5.92 Å². The molecule has 4 heteroatoms. The van der Waals surface area contributed by atoms with E-state index in [1.807, 2.05) is 13.0 Å². The molecule has 1 heterocycles. The topological polar surface area (TPSA) is 21.6 Å². The highest BCUT2D eigenvalue weighted by molar-refractivity contribution is 7.16. The minimum absolute atomic E-state index is 0.560. The van der Waals surface area contributed by atoms with Gasteiger partial charge in [0, 0.05) is 16.7 Å². The van der Waals surface area contributed by atoms with E-state index < -0.39 is 0 Å². The van der Waals surface area contributed by atoms with Gasteiger partial charge in [-0.2, -0.15) is 0 Å². The zero-order chi connectivity index (χ0) is 10.1. The largest absolute Gasteiger partial charge is 0.399 e. The van der Waals surface area contributed by atoms with Crippen LogP contribution in [0.25, 0.3) is 0 Å². The molecular formula is C10H12ClNOS. The number of oxime groups is 1. The van der Waals surface area contributed by atoms with Crippen LogP contribution < -0.4 is 0 Å². The average Bonchev–Trinajstić information content (AvgIpc) is 2.84. The molecule has 2 rings (SSSR count). The number of hydrogen-bond donors (Lipinski definition) is 0. The Morgan fingerprint density at radius 3 is 3.00 bits per heavy atom. The normalized spacial score (nSPS) is 26.4. The summed E-state index contributed by atoms with van der Waals surface area (Å²) in [4.78, 5) is 6.13. The third kappa shape index (κ3) is 1.93. The van der Waals surface area contributed by atoms with E-state index in [4.69, 9.17) is 16.4 Å². The zero-order valence-corrected chi connectivity index (χ0v) is 9.73. The highest BCUT2D eigenvalue weighted by atomic mass is 35.5. The van der Waals surface area contributed by atoms with E-state index in [0.717, 1.165) is 10.0 Å². The Hall–Kier alpha value is -0.540. The molecule has 0 amide bonds. The van der Waals surface area contributed by atoms with E-state index in [-0.39, 0.29) is 0 Å². The lowest BCUT2D eigenvalue weighted by Gasteiger charge is -1.96. The minimum atomic E-state index is 0.560. The first-order valence-electron chi connectivity index (χ1n) is 4.55. The molecule has 2 nitrogen and oxygen atoms in total. The Morgan fingerprint density at radius 1 is 1.64 bits per heavy atom. The highest BCUT2D eigenvalue weighted by Crippen LogP contribution is 2.50. The summed E-state index contributed by atoms with van der Waals surface area (Å²) in [6.07, 6.45) is 1.18. The van der Waals surface area contributed by atoms with Crippen LogP contribution in [-0.4, -0.2) is 12.8 Å². The molecule has 2 unspecified atom stereocenters. The van der Waals surface area contributed by atoms with Crippen molar-refractivity contribution in [3.63, 3.8) is 0 Å². The van der Waals surface area contributed by atoms with Crippen LogP contribution in [0.1, 0.15) is 24.1 Å². The third-order valence-electron chi connectivity index (χ3n) is 2.52. The van der Waals surface area contributed by atoms with Gasteiger partial charge in [-0.15, -0.1) is 11.3 Å². The molecule has 0 bridgehead atoms. The molecule has 0 spiro atoms. The van der Waals surface area contributed by atoms with Crippen molar-refractivity contribution in [3.05, 3.63) is 21.3 Å². The molecule has 2 atom stereocenters. The molecule has 1 aromatic rings. The first-order valence-corrected chi connectivity index (χ1v) is 5.74. The fourth-order valence-electron chi connectivity index (χ4n) is 1.71. The Labute approximate surface area is 92.5 Å². The summed E-state index contributed by atoms with van der Waals surface area (Å²) in [5.74, 6) is 1.18. The molecule has 1 aromatic heterocycles. The van der Waals surface area contributed by atoms with E-state index in [9.17, 15) is 0 Å². The van der Waals surface area contributed by atoms with Crippen molar-refractivity contribution < 1.29 is 4.84 Å². The predicted molar refractivity (Wildman–Crippen MR) is 60.3 cm³/mol. The van der Waals surface area contributed by atoms with Crippen molar-refractivity contribution in [1.29, 1.82) is 0 Å². The molecule has 0 aliphatic heterocycles. The number of rotatable bonds is 3. The zero-order valence-electron chi connectivity index (χ0n) is 8.16. The SMILES string of the molecule is CO/N=C(/C)C1CC1c1ccc(Cl)s1. The van der Waals surface area contributed by atoms with Crippen LogP contribution in [0.15, 0.2) is 17.3 Å². The van der Waals surface area contributed by atoms with Crippen molar-refractivity contribution >= 4 is 28.6 Å². The predicted octanol–water partition coefficient (Wildman–Crippen LogP) is 3.53. The van der Waals surface area contributed by atoms with Crippen molar-refractivity contribution in [2.24, 2.45) is 11.1 Å². The Balaban J connectivity index is 2.02. The lowest BCUT2D eigenvalue weighted by atomic mass is 10.2. The first kappa shape index (κ1) is 9.99. The monoisotopic (exact) mass is 229 g/mol. The van der Waals surface area contributed by atoms with E-state index in [2.05, 4.69) is 11.2 Å². The summed E-state index contributed by atoms with van der Waals surface area (Å²) < 4.78 is 0.868. The Morgan fingerprint density at radius 2 is 2.43 bits per heavy atom. The number of hydrogen-bond acceptors (Lipinski definition) is 3. The number of nitrogens with zero attached hydrogens (tertiary/aromatic N) is 1. The molecule has 76 valence electrons. The van der Waals surface area contributed by atoms with Crippen LogP contribution in [0.3, 0.4) is 0 Å². The molecule has 0 radical (unpaired) electrons. The Bertz CT molecular complexity index is 361. The maximum absolute atomic E-state index is 5.88. The molecule has 1 fully saturated rings. The summed E-state index contributed by atoms with van der Waals surface area (Å²) in [6.45, 7) is 2.02. The molecule has 1 saturated carbocycles. The first-order chi connectivity index (χ1) is 6.72. The van der Waals surface area contributed by atoms with Gasteiger partial charge in [-0.25, -0.2) is 0 Å². The standard InChI is InChI=1S/C10H12ClNOS/c1-6(12-13-2)7-5-8(7)9-3-4-10(11)14-9/h3-4,7-8H,5H2,1-2H3/b12-6-. The smallest absolute Gasteiger partial charge is 0.106 e. The Kier molecular flexibility index (Phi) is 2.79. The van der Waals surface area contributed by atoms with E-state index >= 15 is 0 Å². The number of halogens is 1. The van der Waals surface area contributed by atoms with Crippen molar-refractivity contribution in [2.75, 3.05) is 7.11 Å². The van der Waals surface area contributed by atoms with E-state index in [0.29, 0.717) is 11.8 Å². The second kappa shape index (κ2) is 3.91. The maximum atomic E-state index is 5.88. The summed E-state index contributed by atoms with van der Waals surface area (Å²) in [7, 11) is 1.59. The van der Waals surface area contributed by atoms with Crippen LogP contribution in [0.5, 0.6) is 0 Å². The lowest BCUT2D eigenvalue weighted by molar-refractivity contribution is 0.212. The van der Waals surface area contributed by atoms with Crippen molar-refractivity contribution in [1.82, 2.24) is 0 Å². The molecular weight excluding hydrogens is 218 g/mol. The van der Waals surface area contributed by atoms with E-state index in [1.54, 1.807) is 18.4 Å². The van der Waals surface area contributed by atoms with Crippen LogP contribution in [-0.2, 0) is 4.84 Å². The highest BCUT2D eigenvalue weighted by Gasteiger charge is 2.41. The van der Waals surface area contributed by atoms with Gasteiger partial charge in [-0.1, -0.05) is 16.8 Å². The quantitative estimate of drug-likeness (QED) is 0.574. The molecule has 14 heavy (non-hydrogen) atoms. The molecule has 0 aromatic carbocycles. The molecule has 1 aliphatic carbocycles. The van der Waals surface area contributed by atoms with Gasteiger partial charge in [0.05, 0.1) is 10.0 Å². The van der Waals surface area contributed by atoms with E-state index in [1.165, 1.54) is 11.3 Å². The van der Waals surface area contributed by atoms with Gasteiger partial charge in [0.1, 0.15) is 7.11 Å². The summed E-state index contributed by atoms with van der Waals surface area (Å²) in [5.41, 5.74) is 1.09. The fraction of sp³-hybridized carbons (Fsp3) is 0.500. The van der Waals surface area contributed by atoms with Crippen LogP contribution in [0.2, 0.25) is 4.34 Å². The van der Waals surface area contributed by atoms with Crippen LogP contribution in [0.4, 0.5) is 0 Å². The summed E-state index contributed by atoms with van der Waals surface area (Å²) >= 11 is 7.55. The van der Waals surface area contributed by atoms with Gasteiger partial charge in [0.25, 0.3) is 0 Å². The molecule has 0 N–H and O–H groups in total. The van der Waals surface area contributed by atoms with Gasteiger partial charge < -0.3 is 4.84 Å². The van der Waals surface area contributed by atoms with Gasteiger partial charge >= 0.3 is 0 Å². The van der Waals surface area contributed by atoms with Crippen molar-refractivity contribution in [3.8, 4) is 0 Å². The second-order valence-electron chi connectivity index (χ2n) is 3.51. The third-order valence-corrected chi connectivity index (χ3v) is 3.88. The van der Waals surface area contributed by atoms with Gasteiger partial charge in [0.2, 0.25) is 0 Å². The summed E-state index contributed by atoms with van der Waals surface area (Å²) in [5, 5.41) is 3.96. The average molecular weight is 230 g/mol. The van der Waals surface area contributed by atoms with Gasteiger partial charge in [0.15, 0.2) is 0 Å². The van der Waals surface area contributed by atoms with Gasteiger partial charge in [-0.05, 0) is 25.5 Å². The summed E-state index contributed by atoms with van der Waals surface area (Å²) in [6, 6.07) is 4.07.